The molecule has 0 radical (unpaired) electrons. The quantitative estimate of drug-likeness (QED) is 0.305. The molecule has 0 saturated heterocycles. The van der Waals surface area contributed by atoms with Crippen LogP contribution in [0.15, 0.2) is 54.6 Å². The standard InChI is InChI=1S/C10H11N3.C8H9I2N.Pt/c1-13-8-11-10(12-13)7-9-5-3-2-4-6-9;1-7-2-4-8(5-3-7)6-11(9)10;/h2-6H,7H2,1H3,(H,11,12);2-5H,6H2,1H3;. The van der Waals surface area contributed by atoms with Crippen molar-refractivity contribution in [2.75, 3.05) is 0 Å². The Kier molecular flexibility index (Phi) is 9.02. The summed E-state index contributed by atoms with van der Waals surface area (Å²) >= 11 is 6.77. The van der Waals surface area contributed by atoms with Crippen LogP contribution in [0, 0.1) is 10.7 Å². The second-order valence-electron chi connectivity index (χ2n) is 5.57. The maximum absolute atomic E-state index is 4.36. The monoisotopic (exact) mass is 741 g/mol. The molecule has 0 fully saturated rings. The van der Waals surface area contributed by atoms with E-state index in [0.717, 1.165) is 22.6 Å². The number of aryl methyl sites for hydroxylation is 2. The molecule has 0 bridgehead atoms. The fourth-order valence-corrected chi connectivity index (χ4v) is 3.37. The van der Waals surface area contributed by atoms with E-state index >= 15 is 0 Å². The Labute approximate surface area is 187 Å². The number of rotatable bonds is 4. The molecule has 1 aromatic heterocycles. The Morgan fingerprint density at radius 2 is 1.68 bits per heavy atom. The van der Waals surface area contributed by atoms with Crippen molar-refractivity contribution in [1.82, 2.24) is 16.1 Å². The van der Waals surface area contributed by atoms with Crippen molar-refractivity contribution in [3.8, 4) is 0 Å². The van der Waals surface area contributed by atoms with E-state index in [4.69, 9.17) is 0 Å². The molecule has 3 aromatic rings. The Bertz CT molecular complexity index is 826. The number of aromatic nitrogens is 3. The van der Waals surface area contributed by atoms with Crippen molar-refractivity contribution in [2.24, 2.45) is 7.05 Å². The molecule has 136 valence electrons. The van der Waals surface area contributed by atoms with Gasteiger partial charge in [0.15, 0.2) is 0 Å². The van der Waals surface area contributed by atoms with Gasteiger partial charge in [0, 0.05) is 52.3 Å². The fraction of sp³-hybridized carbons (Fsp3) is 0.222. The number of halogens is 2. The summed E-state index contributed by atoms with van der Waals surface area (Å²) in [6.07, 6.45) is 0.859. The van der Waals surface area contributed by atoms with Gasteiger partial charge in [0.05, 0.1) is 0 Å². The molecule has 0 aliphatic carbocycles. The van der Waals surface area contributed by atoms with Gasteiger partial charge in [0.2, 0.25) is 0 Å². The van der Waals surface area contributed by atoms with Crippen LogP contribution in [0.4, 0.5) is 0 Å². The second kappa shape index (κ2) is 10.7. The first kappa shape index (κ1) is 21.0. The molecule has 0 aliphatic heterocycles. The van der Waals surface area contributed by atoms with Gasteiger partial charge in [-0.25, -0.2) is 0 Å². The predicted molar refractivity (Wildman–Crippen MR) is 115 cm³/mol. The Hall–Kier alpha value is -0.312. The van der Waals surface area contributed by atoms with Gasteiger partial charge in [-0.2, -0.15) is 1.33 Å². The summed E-state index contributed by atoms with van der Waals surface area (Å²) in [5, 5.41) is 4.36. The summed E-state index contributed by atoms with van der Waals surface area (Å²) in [7, 11) is 1.94. The van der Waals surface area contributed by atoms with Gasteiger partial charge in [0.25, 0.3) is 0 Å². The molecule has 3 rings (SSSR count). The van der Waals surface area contributed by atoms with E-state index in [1.54, 1.807) is 0 Å². The van der Waals surface area contributed by atoms with Gasteiger partial charge in [-0.3, -0.25) is 0 Å². The van der Waals surface area contributed by atoms with Crippen molar-refractivity contribution in [2.45, 2.75) is 19.9 Å². The van der Waals surface area contributed by atoms with Crippen LogP contribution in [0.2, 0.25) is 0 Å². The Balaban J connectivity index is 0.000000186. The second-order valence-corrected chi connectivity index (χ2v) is 10.8. The van der Waals surface area contributed by atoms with Crippen LogP contribution in [-0.4, -0.2) is 16.1 Å². The Morgan fingerprint density at radius 3 is 2.20 bits per heavy atom. The van der Waals surface area contributed by atoms with Crippen molar-refractivity contribution in [3.63, 3.8) is 0 Å². The molecular formula is C18H20I2N4Pt. The average molecular weight is 741 g/mol. The summed E-state index contributed by atoms with van der Waals surface area (Å²) < 4.78 is 5.01. The zero-order valence-electron chi connectivity index (χ0n) is 14.0. The molecule has 4 nitrogen and oxygen atoms in total. The SMILES string of the molecule is Cc1ccc(CN(I)I)cc1.Cn1nc(Cc2ccccc2)[nH][c]1=[Pt]. The number of hydrogen-bond donors (Lipinski definition) is 1. The van der Waals surface area contributed by atoms with E-state index in [-0.39, 0.29) is 0 Å². The molecule has 0 atom stereocenters. The number of aromatic amines is 1. The third-order valence-corrected chi connectivity index (χ3v) is 5.11. The number of benzene rings is 2. The minimum absolute atomic E-state index is 0.859. The predicted octanol–water partition coefficient (Wildman–Crippen LogP) is 4.91. The third kappa shape index (κ3) is 7.84. The molecule has 0 unspecified atom stereocenters. The van der Waals surface area contributed by atoms with Gasteiger partial charge in [-0.1, -0.05) is 29.8 Å². The van der Waals surface area contributed by atoms with Gasteiger partial charge in [0.1, 0.15) is 0 Å². The first-order valence-corrected chi connectivity index (χ1v) is 10.8. The molecule has 25 heavy (non-hydrogen) atoms. The number of nitrogens with zero attached hydrogens (tertiary/aromatic N) is 3. The summed E-state index contributed by atoms with van der Waals surface area (Å²) in [6.45, 7) is 3.11. The van der Waals surface area contributed by atoms with Crippen LogP contribution >= 0.6 is 45.7 Å². The zero-order chi connectivity index (χ0) is 18.2. The van der Waals surface area contributed by atoms with Crippen LogP contribution < -0.4 is 0 Å². The fourth-order valence-electron chi connectivity index (χ4n) is 2.14. The van der Waals surface area contributed by atoms with Gasteiger partial charge in [-0.15, -0.1) is 0 Å². The number of nitrogens with one attached hydrogen (secondary N) is 1. The van der Waals surface area contributed by atoms with E-state index in [2.05, 4.69) is 120 Å². The average Bonchev–Trinajstić information content (AvgIpc) is 2.88. The normalized spacial score (nSPS) is 10.5. The van der Waals surface area contributed by atoms with Gasteiger partial charge in [-0.05, 0) is 12.5 Å². The molecule has 2 aromatic carbocycles. The summed E-state index contributed by atoms with van der Waals surface area (Å²) in [4.78, 5) is 3.23. The molecule has 0 aliphatic rings. The van der Waals surface area contributed by atoms with E-state index < -0.39 is 0 Å². The summed E-state index contributed by atoms with van der Waals surface area (Å²) in [5.41, 5.74) is 3.96. The number of hydrogen-bond acceptors (Lipinski definition) is 2. The Morgan fingerprint density at radius 1 is 1.04 bits per heavy atom. The molecular weight excluding hydrogens is 721 g/mol. The zero-order valence-corrected chi connectivity index (χ0v) is 20.6. The molecule has 0 spiro atoms. The molecule has 7 heteroatoms. The topological polar surface area (TPSA) is 36.9 Å². The van der Waals surface area contributed by atoms with Gasteiger partial charge >= 0.3 is 93.1 Å². The third-order valence-electron chi connectivity index (χ3n) is 3.41. The molecule has 0 amide bonds. The molecule has 1 heterocycles. The minimum atomic E-state index is 0.859. The van der Waals surface area contributed by atoms with E-state index in [1.807, 2.05) is 29.9 Å². The van der Waals surface area contributed by atoms with E-state index in [1.165, 1.54) is 16.7 Å². The van der Waals surface area contributed by atoms with Crippen molar-refractivity contribution >= 4 is 45.7 Å². The molecule has 1 N–H and O–H groups in total. The number of H-pyrrole nitrogens is 1. The van der Waals surface area contributed by atoms with Crippen LogP contribution in [0.25, 0.3) is 0 Å². The first-order valence-electron chi connectivity index (χ1n) is 7.70. The van der Waals surface area contributed by atoms with E-state index in [0.29, 0.717) is 0 Å². The first-order chi connectivity index (χ1) is 11.9. The van der Waals surface area contributed by atoms with Crippen LogP contribution in [0.1, 0.15) is 22.5 Å². The van der Waals surface area contributed by atoms with Crippen LogP contribution in [0.3, 0.4) is 0 Å². The van der Waals surface area contributed by atoms with E-state index in [9.17, 15) is 0 Å². The van der Waals surface area contributed by atoms with Crippen molar-refractivity contribution < 1.29 is 19.4 Å². The van der Waals surface area contributed by atoms with Crippen LogP contribution in [-0.2, 0) is 39.4 Å². The van der Waals surface area contributed by atoms with Crippen molar-refractivity contribution in [1.29, 1.82) is 0 Å². The molecule has 0 saturated carbocycles. The van der Waals surface area contributed by atoms with Gasteiger partial charge < -0.3 is 0 Å². The summed E-state index contributed by atoms with van der Waals surface area (Å²) in [6, 6.07) is 18.9. The maximum atomic E-state index is 4.36. The summed E-state index contributed by atoms with van der Waals surface area (Å²) in [5.74, 6) is 1.00. The van der Waals surface area contributed by atoms with Crippen molar-refractivity contribution in [3.05, 3.63) is 80.9 Å². The van der Waals surface area contributed by atoms with Crippen LogP contribution in [0.5, 0.6) is 0 Å².